The minimum Gasteiger partial charge on any atom is -0.423 e. The summed E-state index contributed by atoms with van der Waals surface area (Å²) >= 11 is 0. The van der Waals surface area contributed by atoms with Crippen molar-refractivity contribution < 1.29 is 19.1 Å². The van der Waals surface area contributed by atoms with E-state index in [1.54, 1.807) is 24.3 Å². The largest absolute Gasteiger partial charge is 0.423 e. The Morgan fingerprint density at radius 3 is 2.21 bits per heavy atom. The van der Waals surface area contributed by atoms with Gasteiger partial charge in [-0.1, -0.05) is 13.0 Å². The fourth-order valence-corrected chi connectivity index (χ4v) is 4.55. The summed E-state index contributed by atoms with van der Waals surface area (Å²) in [6, 6.07) is 12.1. The molecule has 1 saturated carbocycles. The van der Waals surface area contributed by atoms with Crippen LogP contribution < -0.4 is 9.64 Å². The Morgan fingerprint density at radius 2 is 1.55 bits per heavy atom. The van der Waals surface area contributed by atoms with Gasteiger partial charge in [0.1, 0.15) is 5.75 Å². The first-order valence-electron chi connectivity index (χ1n) is 10.1. The lowest BCUT2D eigenvalue weighted by Crippen LogP contribution is -2.30. The van der Waals surface area contributed by atoms with Crippen LogP contribution in [0.4, 0.5) is 5.69 Å². The van der Waals surface area contributed by atoms with Gasteiger partial charge >= 0.3 is 5.97 Å². The highest BCUT2D eigenvalue weighted by Gasteiger charge is 2.49. The number of amides is 2. The first kappa shape index (κ1) is 19.4. The Labute approximate surface area is 170 Å². The zero-order chi connectivity index (χ0) is 20.7. The number of rotatable bonds is 3. The smallest absolute Gasteiger partial charge is 0.343 e. The van der Waals surface area contributed by atoms with Crippen LogP contribution in [-0.2, 0) is 9.59 Å². The maximum absolute atomic E-state index is 12.8. The summed E-state index contributed by atoms with van der Waals surface area (Å²) in [6.45, 7) is 6.02. The molecule has 5 nitrogen and oxygen atoms in total. The lowest BCUT2D eigenvalue weighted by Gasteiger charge is -2.25. The molecule has 3 unspecified atom stereocenters. The van der Waals surface area contributed by atoms with Gasteiger partial charge in [0.05, 0.1) is 23.1 Å². The van der Waals surface area contributed by atoms with Crippen LogP contribution in [0.25, 0.3) is 0 Å². The lowest BCUT2D eigenvalue weighted by atomic mass is 9.76. The van der Waals surface area contributed by atoms with Gasteiger partial charge in [-0.05, 0) is 86.6 Å². The van der Waals surface area contributed by atoms with Crippen LogP contribution in [0.2, 0.25) is 0 Å². The van der Waals surface area contributed by atoms with Gasteiger partial charge in [0.2, 0.25) is 11.8 Å². The summed E-state index contributed by atoms with van der Waals surface area (Å²) in [4.78, 5) is 39.4. The van der Waals surface area contributed by atoms with Gasteiger partial charge in [-0.25, -0.2) is 4.79 Å². The van der Waals surface area contributed by atoms with Crippen molar-refractivity contribution in [3.05, 3.63) is 59.2 Å². The summed E-state index contributed by atoms with van der Waals surface area (Å²) in [5.74, 6) is -0.138. The minimum atomic E-state index is -0.469. The number of hydrogen-bond donors (Lipinski definition) is 0. The molecule has 2 fully saturated rings. The van der Waals surface area contributed by atoms with E-state index >= 15 is 0 Å². The Balaban J connectivity index is 1.51. The van der Waals surface area contributed by atoms with Crippen molar-refractivity contribution in [3.63, 3.8) is 0 Å². The summed E-state index contributed by atoms with van der Waals surface area (Å²) in [6.07, 6.45) is 2.52. The Morgan fingerprint density at radius 1 is 0.931 bits per heavy atom. The fourth-order valence-electron chi connectivity index (χ4n) is 4.55. The quantitative estimate of drug-likeness (QED) is 0.441. The van der Waals surface area contributed by atoms with Crippen molar-refractivity contribution in [2.45, 2.75) is 40.0 Å². The molecule has 1 aliphatic heterocycles. The molecular formula is C24H25NO4. The highest BCUT2D eigenvalue weighted by molar-refractivity contribution is 6.22. The number of carbonyl (C=O) groups is 3. The predicted molar refractivity (Wildman–Crippen MR) is 110 cm³/mol. The van der Waals surface area contributed by atoms with Crippen LogP contribution in [0.1, 0.15) is 47.7 Å². The molecule has 5 heteroatoms. The second kappa shape index (κ2) is 7.47. The van der Waals surface area contributed by atoms with Crippen LogP contribution in [0.3, 0.4) is 0 Å². The van der Waals surface area contributed by atoms with E-state index in [9.17, 15) is 14.4 Å². The van der Waals surface area contributed by atoms with Crippen LogP contribution in [0, 0.1) is 31.6 Å². The van der Waals surface area contributed by atoms with Crippen LogP contribution in [-0.4, -0.2) is 17.8 Å². The molecule has 29 heavy (non-hydrogen) atoms. The second-order valence-electron chi connectivity index (χ2n) is 8.40. The maximum Gasteiger partial charge on any atom is 0.343 e. The highest BCUT2D eigenvalue weighted by Crippen LogP contribution is 2.42. The van der Waals surface area contributed by atoms with Gasteiger partial charge in [0.25, 0.3) is 0 Å². The van der Waals surface area contributed by atoms with Crippen molar-refractivity contribution in [2.24, 2.45) is 17.8 Å². The van der Waals surface area contributed by atoms with Crippen molar-refractivity contribution in [2.75, 3.05) is 4.90 Å². The Hall–Kier alpha value is -2.95. The molecule has 150 valence electrons. The molecule has 1 heterocycles. The first-order valence-corrected chi connectivity index (χ1v) is 10.1. The third-order valence-corrected chi connectivity index (χ3v) is 5.95. The molecule has 1 saturated heterocycles. The zero-order valence-electron chi connectivity index (χ0n) is 17.0. The average Bonchev–Trinajstić information content (AvgIpc) is 2.91. The number of ether oxygens (including phenoxy) is 1. The Kier molecular flexibility index (Phi) is 4.99. The van der Waals surface area contributed by atoms with Crippen LogP contribution in [0.15, 0.2) is 42.5 Å². The number of esters is 1. The topological polar surface area (TPSA) is 63.7 Å². The number of anilines is 1. The van der Waals surface area contributed by atoms with Crippen molar-refractivity contribution >= 4 is 23.5 Å². The number of hydrogen-bond acceptors (Lipinski definition) is 4. The normalized spacial score (nSPS) is 23.8. The van der Waals surface area contributed by atoms with Gasteiger partial charge in [-0.3, -0.25) is 14.5 Å². The number of benzene rings is 2. The molecule has 0 N–H and O–H groups in total. The molecule has 3 atom stereocenters. The first-order chi connectivity index (χ1) is 13.8. The molecule has 2 aliphatic rings. The molecule has 2 aromatic carbocycles. The van der Waals surface area contributed by atoms with E-state index in [1.807, 2.05) is 32.0 Å². The average molecular weight is 391 g/mol. The molecule has 0 bridgehead atoms. The summed E-state index contributed by atoms with van der Waals surface area (Å²) in [7, 11) is 0. The maximum atomic E-state index is 12.8. The van der Waals surface area contributed by atoms with Crippen molar-refractivity contribution in [1.29, 1.82) is 0 Å². The molecule has 4 rings (SSSR count). The molecule has 2 amide bonds. The van der Waals surface area contributed by atoms with Gasteiger partial charge in [-0.2, -0.15) is 0 Å². The molecule has 0 aromatic heterocycles. The van der Waals surface area contributed by atoms with Crippen LogP contribution in [0.5, 0.6) is 5.75 Å². The van der Waals surface area contributed by atoms with Gasteiger partial charge in [0, 0.05) is 0 Å². The van der Waals surface area contributed by atoms with E-state index in [-0.39, 0.29) is 23.7 Å². The molecule has 0 radical (unpaired) electrons. The summed E-state index contributed by atoms with van der Waals surface area (Å²) in [5.41, 5.74) is 2.93. The van der Waals surface area contributed by atoms with E-state index in [0.717, 1.165) is 30.4 Å². The number of aryl methyl sites for hydroxylation is 2. The van der Waals surface area contributed by atoms with Crippen molar-refractivity contribution in [3.8, 4) is 5.75 Å². The standard InChI is InChI=1S/C24H25NO4/c1-14-4-9-20-21(13-14)23(27)25(22(20)26)18-7-5-17(6-8-18)24(28)29-19-11-15(2)10-16(3)12-19/h5-8,10-12,14,20-21H,4,9,13H2,1-3H3. The van der Waals surface area contributed by atoms with E-state index in [0.29, 0.717) is 22.9 Å². The molecular weight excluding hydrogens is 366 g/mol. The molecule has 1 aliphatic carbocycles. The van der Waals surface area contributed by atoms with E-state index in [1.165, 1.54) is 4.90 Å². The summed E-state index contributed by atoms with van der Waals surface area (Å²) < 4.78 is 5.47. The SMILES string of the molecule is Cc1cc(C)cc(OC(=O)c2ccc(N3C(=O)C4CCC(C)CC4C3=O)cc2)c1. The van der Waals surface area contributed by atoms with E-state index < -0.39 is 5.97 Å². The number of carbonyl (C=O) groups excluding carboxylic acids is 3. The number of imide groups is 1. The number of nitrogens with zero attached hydrogens (tertiary/aromatic N) is 1. The fraction of sp³-hybridized carbons (Fsp3) is 0.375. The molecule has 0 spiro atoms. The van der Waals surface area contributed by atoms with Crippen LogP contribution >= 0.6 is 0 Å². The second-order valence-corrected chi connectivity index (χ2v) is 8.40. The monoisotopic (exact) mass is 391 g/mol. The Bertz CT molecular complexity index is 959. The highest BCUT2D eigenvalue weighted by atomic mass is 16.5. The summed E-state index contributed by atoms with van der Waals surface area (Å²) in [5, 5.41) is 0. The van der Waals surface area contributed by atoms with Gasteiger partial charge < -0.3 is 4.74 Å². The number of fused-ring (bicyclic) bond motifs is 1. The lowest BCUT2D eigenvalue weighted by molar-refractivity contribution is -0.122. The van der Waals surface area contributed by atoms with Gasteiger partial charge in [-0.15, -0.1) is 0 Å². The third-order valence-electron chi connectivity index (χ3n) is 5.95. The zero-order valence-corrected chi connectivity index (χ0v) is 17.0. The van der Waals surface area contributed by atoms with Crippen molar-refractivity contribution in [1.82, 2.24) is 0 Å². The van der Waals surface area contributed by atoms with E-state index in [4.69, 9.17) is 4.74 Å². The predicted octanol–water partition coefficient (Wildman–Crippen LogP) is 4.45. The molecule has 2 aromatic rings. The van der Waals surface area contributed by atoms with E-state index in [2.05, 4.69) is 6.92 Å². The third kappa shape index (κ3) is 3.69. The van der Waals surface area contributed by atoms with Gasteiger partial charge in [0.15, 0.2) is 0 Å². The minimum absolute atomic E-state index is 0.113.